The van der Waals surface area contributed by atoms with Crippen LogP contribution in [0.25, 0.3) is 0 Å². The van der Waals surface area contributed by atoms with Crippen molar-refractivity contribution in [3.63, 3.8) is 0 Å². The van der Waals surface area contributed by atoms with Crippen molar-refractivity contribution >= 4 is 27.5 Å². The van der Waals surface area contributed by atoms with E-state index in [0.717, 1.165) is 23.1 Å². The summed E-state index contributed by atoms with van der Waals surface area (Å²) in [6.07, 6.45) is 4.41. The molecule has 1 saturated carbocycles. The molecule has 6 heteroatoms. The monoisotopic (exact) mass is 341 g/mol. The molecule has 110 valence electrons. The van der Waals surface area contributed by atoms with E-state index in [-0.39, 0.29) is 12.4 Å². The maximum Gasteiger partial charge on any atom is 0.170 e. The number of hydrogen-bond donors (Lipinski definition) is 3. The maximum atomic E-state index is 9.05. The largest absolute Gasteiger partial charge is 0.409 e. The van der Waals surface area contributed by atoms with E-state index in [0.29, 0.717) is 11.6 Å². The van der Waals surface area contributed by atoms with E-state index in [9.17, 15) is 0 Å². The van der Waals surface area contributed by atoms with E-state index in [1.54, 1.807) is 0 Å². The standard InChI is InChI=1S/C14H20BrN3O2/c15-12-9-10(14(16)17-20)5-6-13(12)18(7-2-8-19)11-3-1-4-11/h5-6,9,11,19-20H,1-4,7-8H2,(H2,16,17). The van der Waals surface area contributed by atoms with Gasteiger partial charge >= 0.3 is 0 Å². The Balaban J connectivity index is 2.23. The number of nitrogens with zero attached hydrogens (tertiary/aromatic N) is 2. The second-order valence-corrected chi connectivity index (χ2v) is 5.86. The topological polar surface area (TPSA) is 82.1 Å². The van der Waals surface area contributed by atoms with E-state index >= 15 is 0 Å². The first-order valence-corrected chi connectivity index (χ1v) is 7.61. The van der Waals surface area contributed by atoms with Gasteiger partial charge in [0, 0.05) is 29.2 Å². The third-order valence-electron chi connectivity index (χ3n) is 3.73. The zero-order valence-electron chi connectivity index (χ0n) is 11.3. The molecule has 4 N–H and O–H groups in total. The lowest BCUT2D eigenvalue weighted by Crippen LogP contribution is -2.41. The van der Waals surface area contributed by atoms with Gasteiger partial charge in [0.2, 0.25) is 0 Å². The molecule has 0 atom stereocenters. The minimum atomic E-state index is 0.0998. The van der Waals surface area contributed by atoms with Crippen molar-refractivity contribution in [1.29, 1.82) is 0 Å². The number of aliphatic hydroxyl groups excluding tert-OH is 1. The molecule has 0 heterocycles. The quantitative estimate of drug-likeness (QED) is 0.321. The Kier molecular flexibility index (Phi) is 5.25. The van der Waals surface area contributed by atoms with Crippen LogP contribution in [0.5, 0.6) is 0 Å². The summed E-state index contributed by atoms with van der Waals surface area (Å²) in [5.74, 6) is 0.0998. The van der Waals surface area contributed by atoms with Gasteiger partial charge < -0.3 is 20.9 Å². The van der Waals surface area contributed by atoms with Crippen LogP contribution in [0, 0.1) is 0 Å². The summed E-state index contributed by atoms with van der Waals surface area (Å²) in [6, 6.07) is 6.23. The van der Waals surface area contributed by atoms with Gasteiger partial charge in [0.25, 0.3) is 0 Å². The summed E-state index contributed by atoms with van der Waals surface area (Å²) < 4.78 is 0.923. The molecule has 2 rings (SSSR count). The molecule has 0 aromatic heterocycles. The molecule has 20 heavy (non-hydrogen) atoms. The zero-order valence-corrected chi connectivity index (χ0v) is 12.9. The highest BCUT2D eigenvalue weighted by atomic mass is 79.9. The molecule has 0 saturated heterocycles. The summed E-state index contributed by atoms with van der Waals surface area (Å²) in [4.78, 5) is 2.33. The van der Waals surface area contributed by atoms with E-state index in [4.69, 9.17) is 16.0 Å². The van der Waals surface area contributed by atoms with Crippen molar-refractivity contribution in [3.8, 4) is 0 Å². The smallest absolute Gasteiger partial charge is 0.170 e. The number of aliphatic hydroxyl groups is 1. The van der Waals surface area contributed by atoms with Crippen LogP contribution in [0.1, 0.15) is 31.2 Å². The predicted molar refractivity (Wildman–Crippen MR) is 83.3 cm³/mol. The summed E-state index contributed by atoms with van der Waals surface area (Å²) in [7, 11) is 0. The molecule has 1 aliphatic carbocycles. The number of anilines is 1. The van der Waals surface area contributed by atoms with Crippen molar-refractivity contribution in [2.24, 2.45) is 10.9 Å². The van der Waals surface area contributed by atoms with Crippen LogP contribution < -0.4 is 10.6 Å². The molecular weight excluding hydrogens is 322 g/mol. The molecule has 0 aliphatic heterocycles. The van der Waals surface area contributed by atoms with E-state index in [2.05, 4.69) is 26.0 Å². The van der Waals surface area contributed by atoms with E-state index in [1.807, 2.05) is 18.2 Å². The van der Waals surface area contributed by atoms with Gasteiger partial charge in [-0.2, -0.15) is 0 Å². The first-order chi connectivity index (χ1) is 9.67. The fraction of sp³-hybridized carbons (Fsp3) is 0.500. The van der Waals surface area contributed by atoms with E-state index < -0.39 is 0 Å². The number of hydrogen-bond acceptors (Lipinski definition) is 4. The van der Waals surface area contributed by atoms with Gasteiger partial charge in [0.1, 0.15) is 0 Å². The minimum Gasteiger partial charge on any atom is -0.409 e. The Hall–Kier alpha value is -1.27. The number of halogens is 1. The first kappa shape index (κ1) is 15.1. The van der Waals surface area contributed by atoms with Gasteiger partial charge in [0.15, 0.2) is 5.84 Å². The summed E-state index contributed by atoms with van der Waals surface area (Å²) in [5, 5.41) is 20.8. The average molecular weight is 342 g/mol. The maximum absolute atomic E-state index is 9.05. The van der Waals surface area contributed by atoms with Crippen molar-refractivity contribution in [2.45, 2.75) is 31.7 Å². The number of nitrogens with two attached hydrogens (primary N) is 1. The van der Waals surface area contributed by atoms with Gasteiger partial charge in [-0.15, -0.1) is 0 Å². The number of oxime groups is 1. The molecule has 1 aromatic rings. The van der Waals surface area contributed by atoms with Crippen molar-refractivity contribution in [2.75, 3.05) is 18.1 Å². The van der Waals surface area contributed by atoms with Gasteiger partial charge in [-0.25, -0.2) is 0 Å². The first-order valence-electron chi connectivity index (χ1n) is 6.82. The van der Waals surface area contributed by atoms with E-state index in [1.165, 1.54) is 19.3 Å². The fourth-order valence-electron chi connectivity index (χ4n) is 2.40. The molecule has 1 aromatic carbocycles. The zero-order chi connectivity index (χ0) is 14.5. The van der Waals surface area contributed by atoms with Crippen LogP contribution in [-0.2, 0) is 0 Å². The number of rotatable bonds is 6. The third kappa shape index (κ3) is 3.24. The van der Waals surface area contributed by atoms with Crippen LogP contribution in [-0.4, -0.2) is 35.3 Å². The summed E-state index contributed by atoms with van der Waals surface area (Å²) in [5.41, 5.74) is 7.37. The molecule has 5 nitrogen and oxygen atoms in total. The molecular formula is C14H20BrN3O2. The van der Waals surface area contributed by atoms with Gasteiger partial charge in [-0.1, -0.05) is 5.16 Å². The van der Waals surface area contributed by atoms with Crippen LogP contribution in [0.3, 0.4) is 0 Å². The molecule has 1 fully saturated rings. The molecule has 0 radical (unpaired) electrons. The summed E-state index contributed by atoms with van der Waals surface area (Å²) in [6.45, 7) is 1.03. The molecule has 1 aliphatic rings. The van der Waals surface area contributed by atoms with Crippen LogP contribution in [0.2, 0.25) is 0 Å². The van der Waals surface area contributed by atoms with Gasteiger partial charge in [0.05, 0.1) is 5.69 Å². The highest BCUT2D eigenvalue weighted by Gasteiger charge is 2.26. The Morgan fingerprint density at radius 1 is 1.45 bits per heavy atom. The molecule has 0 bridgehead atoms. The minimum absolute atomic E-state index is 0.0998. The van der Waals surface area contributed by atoms with Gasteiger partial charge in [-0.05, 0) is 59.8 Å². The molecule has 0 amide bonds. The second-order valence-electron chi connectivity index (χ2n) is 5.01. The number of amidine groups is 1. The van der Waals surface area contributed by atoms with Gasteiger partial charge in [-0.3, -0.25) is 0 Å². The Labute approximate surface area is 127 Å². The van der Waals surface area contributed by atoms with Crippen LogP contribution in [0.4, 0.5) is 5.69 Å². The highest BCUT2D eigenvalue weighted by Crippen LogP contribution is 2.34. The predicted octanol–water partition coefficient (Wildman–Crippen LogP) is 2.28. The SMILES string of the molecule is N/C(=N/O)c1ccc(N(CCCO)C2CCC2)c(Br)c1. The third-order valence-corrected chi connectivity index (χ3v) is 4.37. The van der Waals surface area contributed by atoms with Crippen molar-refractivity contribution in [3.05, 3.63) is 28.2 Å². The second kappa shape index (κ2) is 6.95. The highest BCUT2D eigenvalue weighted by molar-refractivity contribution is 9.10. The lowest BCUT2D eigenvalue weighted by molar-refractivity contribution is 0.283. The lowest BCUT2D eigenvalue weighted by Gasteiger charge is -2.40. The van der Waals surface area contributed by atoms with Crippen molar-refractivity contribution in [1.82, 2.24) is 0 Å². The Morgan fingerprint density at radius 2 is 2.20 bits per heavy atom. The normalized spacial score (nSPS) is 16.0. The van der Waals surface area contributed by atoms with Crippen LogP contribution >= 0.6 is 15.9 Å². The summed E-state index contributed by atoms with van der Waals surface area (Å²) >= 11 is 3.56. The molecule has 0 unspecified atom stereocenters. The lowest BCUT2D eigenvalue weighted by atomic mass is 9.90. The average Bonchev–Trinajstić information content (AvgIpc) is 2.40. The Bertz CT molecular complexity index is 489. The van der Waals surface area contributed by atoms with Crippen molar-refractivity contribution < 1.29 is 10.3 Å². The molecule has 0 spiro atoms. The fourth-order valence-corrected chi connectivity index (χ4v) is 3.00. The van der Waals surface area contributed by atoms with Crippen LogP contribution in [0.15, 0.2) is 27.8 Å². The number of benzene rings is 1. The Morgan fingerprint density at radius 3 is 2.70 bits per heavy atom.